The zero-order valence-corrected chi connectivity index (χ0v) is 13.0. The predicted molar refractivity (Wildman–Crippen MR) is 84.3 cm³/mol. The molecule has 1 unspecified atom stereocenters. The molecule has 116 valence electrons. The van der Waals surface area contributed by atoms with Crippen LogP contribution in [0.1, 0.15) is 25.3 Å². The van der Waals surface area contributed by atoms with Crippen LogP contribution in [0, 0.1) is 5.92 Å². The van der Waals surface area contributed by atoms with Gasteiger partial charge in [0.15, 0.2) is 0 Å². The van der Waals surface area contributed by atoms with E-state index in [1.807, 2.05) is 11.8 Å². The molecule has 0 bridgehead atoms. The summed E-state index contributed by atoms with van der Waals surface area (Å²) in [6, 6.07) is 10.7. The standard InChI is InChI=1S/C17H26N2O2/c1-14(13-21-2)18-17(20)19-10-8-16(9-11-19)12-15-6-4-3-5-7-15/h3-7,14,16H,8-13H2,1-2H3,(H,18,20). The third-order valence-electron chi connectivity index (χ3n) is 4.06. The molecule has 21 heavy (non-hydrogen) atoms. The van der Waals surface area contributed by atoms with Crippen molar-refractivity contribution in [1.82, 2.24) is 10.2 Å². The van der Waals surface area contributed by atoms with Crippen molar-refractivity contribution < 1.29 is 9.53 Å². The number of benzene rings is 1. The van der Waals surface area contributed by atoms with E-state index in [2.05, 4.69) is 35.6 Å². The Hall–Kier alpha value is -1.55. The first kappa shape index (κ1) is 15.8. The first-order valence-electron chi connectivity index (χ1n) is 7.77. The molecule has 1 N–H and O–H groups in total. The van der Waals surface area contributed by atoms with E-state index in [9.17, 15) is 4.79 Å². The molecule has 0 saturated carbocycles. The molecular formula is C17H26N2O2. The normalized spacial score (nSPS) is 17.5. The van der Waals surface area contributed by atoms with Gasteiger partial charge in [0.1, 0.15) is 0 Å². The van der Waals surface area contributed by atoms with Crippen LogP contribution in [-0.4, -0.2) is 43.8 Å². The second-order valence-corrected chi connectivity index (χ2v) is 5.93. The predicted octanol–water partition coefficient (Wildman–Crippen LogP) is 2.69. The van der Waals surface area contributed by atoms with Gasteiger partial charge in [-0.3, -0.25) is 0 Å². The van der Waals surface area contributed by atoms with Crippen molar-refractivity contribution in [1.29, 1.82) is 0 Å². The molecule has 1 heterocycles. The summed E-state index contributed by atoms with van der Waals surface area (Å²) in [5, 5.41) is 2.98. The molecule has 1 aliphatic heterocycles. The number of nitrogens with one attached hydrogen (secondary N) is 1. The van der Waals surface area contributed by atoms with E-state index in [4.69, 9.17) is 4.74 Å². The maximum absolute atomic E-state index is 12.1. The summed E-state index contributed by atoms with van der Waals surface area (Å²) in [4.78, 5) is 14.0. The fourth-order valence-corrected chi connectivity index (χ4v) is 2.88. The molecule has 1 aromatic carbocycles. The van der Waals surface area contributed by atoms with Gasteiger partial charge < -0.3 is 15.0 Å². The van der Waals surface area contributed by atoms with Gasteiger partial charge in [-0.15, -0.1) is 0 Å². The Morgan fingerprint density at radius 1 is 1.33 bits per heavy atom. The topological polar surface area (TPSA) is 41.6 Å². The second kappa shape index (κ2) is 8.03. The van der Waals surface area contributed by atoms with Crippen LogP contribution in [0.3, 0.4) is 0 Å². The molecule has 1 saturated heterocycles. The van der Waals surface area contributed by atoms with Gasteiger partial charge in [0, 0.05) is 20.2 Å². The molecule has 1 aromatic rings. The van der Waals surface area contributed by atoms with Crippen molar-refractivity contribution in [3.05, 3.63) is 35.9 Å². The summed E-state index contributed by atoms with van der Waals surface area (Å²) in [6.07, 6.45) is 3.29. The number of hydrogen-bond acceptors (Lipinski definition) is 2. The lowest BCUT2D eigenvalue weighted by Gasteiger charge is -2.33. The Labute approximate surface area is 127 Å². The maximum Gasteiger partial charge on any atom is 0.317 e. The third-order valence-corrected chi connectivity index (χ3v) is 4.06. The molecule has 0 spiro atoms. The molecule has 1 atom stereocenters. The minimum Gasteiger partial charge on any atom is -0.383 e. The molecular weight excluding hydrogens is 264 g/mol. The summed E-state index contributed by atoms with van der Waals surface area (Å²) in [6.45, 7) is 4.21. The van der Waals surface area contributed by atoms with Gasteiger partial charge in [0.25, 0.3) is 0 Å². The summed E-state index contributed by atoms with van der Waals surface area (Å²) in [7, 11) is 1.65. The highest BCUT2D eigenvalue weighted by atomic mass is 16.5. The molecule has 0 aliphatic carbocycles. The van der Waals surface area contributed by atoms with Crippen LogP contribution in [0.2, 0.25) is 0 Å². The number of nitrogens with zero attached hydrogens (tertiary/aromatic N) is 1. The lowest BCUT2D eigenvalue weighted by atomic mass is 9.90. The van der Waals surface area contributed by atoms with Gasteiger partial charge in [-0.1, -0.05) is 30.3 Å². The highest BCUT2D eigenvalue weighted by molar-refractivity contribution is 5.74. The minimum atomic E-state index is 0.0395. The first-order chi connectivity index (χ1) is 10.2. The van der Waals surface area contributed by atoms with Crippen molar-refractivity contribution in [2.24, 2.45) is 5.92 Å². The Morgan fingerprint density at radius 3 is 2.62 bits per heavy atom. The van der Waals surface area contributed by atoms with Crippen molar-refractivity contribution >= 4 is 6.03 Å². The van der Waals surface area contributed by atoms with Gasteiger partial charge in [-0.05, 0) is 37.7 Å². The monoisotopic (exact) mass is 290 g/mol. The lowest BCUT2D eigenvalue weighted by Crippen LogP contribution is -2.48. The zero-order valence-electron chi connectivity index (χ0n) is 13.0. The van der Waals surface area contributed by atoms with Crippen LogP contribution in [0.5, 0.6) is 0 Å². The minimum absolute atomic E-state index is 0.0395. The largest absolute Gasteiger partial charge is 0.383 e. The van der Waals surface area contributed by atoms with E-state index in [1.165, 1.54) is 5.56 Å². The summed E-state index contributed by atoms with van der Waals surface area (Å²) in [5.41, 5.74) is 1.40. The number of carbonyl (C=O) groups is 1. The zero-order chi connectivity index (χ0) is 15.1. The average Bonchev–Trinajstić information content (AvgIpc) is 2.49. The van der Waals surface area contributed by atoms with Crippen LogP contribution in [0.15, 0.2) is 30.3 Å². The van der Waals surface area contributed by atoms with Crippen LogP contribution in [0.4, 0.5) is 4.79 Å². The van der Waals surface area contributed by atoms with Crippen LogP contribution < -0.4 is 5.32 Å². The van der Waals surface area contributed by atoms with Gasteiger partial charge in [-0.2, -0.15) is 0 Å². The van der Waals surface area contributed by atoms with Gasteiger partial charge in [-0.25, -0.2) is 4.79 Å². The highest BCUT2D eigenvalue weighted by Gasteiger charge is 2.23. The third kappa shape index (κ3) is 5.05. The summed E-state index contributed by atoms with van der Waals surface area (Å²) in [5.74, 6) is 0.688. The fourth-order valence-electron chi connectivity index (χ4n) is 2.88. The van der Waals surface area contributed by atoms with E-state index in [1.54, 1.807) is 7.11 Å². The van der Waals surface area contributed by atoms with E-state index >= 15 is 0 Å². The fraction of sp³-hybridized carbons (Fsp3) is 0.588. The first-order valence-corrected chi connectivity index (χ1v) is 7.77. The van der Waals surface area contributed by atoms with Crippen molar-refractivity contribution in [3.63, 3.8) is 0 Å². The van der Waals surface area contributed by atoms with Crippen LogP contribution in [0.25, 0.3) is 0 Å². The Balaban J connectivity index is 1.74. The van der Waals surface area contributed by atoms with E-state index in [0.29, 0.717) is 12.5 Å². The number of methoxy groups -OCH3 is 1. The van der Waals surface area contributed by atoms with E-state index in [0.717, 1.165) is 32.4 Å². The molecule has 2 amide bonds. The van der Waals surface area contributed by atoms with Gasteiger partial charge >= 0.3 is 6.03 Å². The van der Waals surface area contributed by atoms with Crippen LogP contribution >= 0.6 is 0 Å². The van der Waals surface area contributed by atoms with Crippen molar-refractivity contribution in [3.8, 4) is 0 Å². The Bertz CT molecular complexity index is 428. The molecule has 0 radical (unpaired) electrons. The number of carbonyl (C=O) groups excluding carboxylic acids is 1. The number of urea groups is 1. The molecule has 2 rings (SSSR count). The van der Waals surface area contributed by atoms with Crippen molar-refractivity contribution in [2.75, 3.05) is 26.8 Å². The summed E-state index contributed by atoms with van der Waals surface area (Å²) >= 11 is 0. The number of piperidine rings is 1. The maximum atomic E-state index is 12.1. The molecule has 1 fully saturated rings. The van der Waals surface area contributed by atoms with Crippen LogP contribution in [-0.2, 0) is 11.2 Å². The summed E-state index contributed by atoms with van der Waals surface area (Å²) < 4.78 is 5.04. The average molecular weight is 290 g/mol. The number of amides is 2. The SMILES string of the molecule is COCC(C)NC(=O)N1CCC(Cc2ccccc2)CC1. The number of rotatable bonds is 5. The van der Waals surface area contributed by atoms with E-state index < -0.39 is 0 Å². The number of hydrogen-bond donors (Lipinski definition) is 1. The quantitative estimate of drug-likeness (QED) is 0.906. The molecule has 0 aromatic heterocycles. The highest BCUT2D eigenvalue weighted by Crippen LogP contribution is 2.21. The second-order valence-electron chi connectivity index (χ2n) is 5.93. The van der Waals surface area contributed by atoms with Gasteiger partial charge in [0.2, 0.25) is 0 Å². The molecule has 1 aliphatic rings. The smallest absolute Gasteiger partial charge is 0.317 e. The Morgan fingerprint density at radius 2 is 2.00 bits per heavy atom. The van der Waals surface area contributed by atoms with Gasteiger partial charge in [0.05, 0.1) is 12.6 Å². The van der Waals surface area contributed by atoms with E-state index in [-0.39, 0.29) is 12.1 Å². The number of ether oxygens (including phenoxy) is 1. The molecule has 4 nitrogen and oxygen atoms in total. The lowest BCUT2D eigenvalue weighted by molar-refractivity contribution is 0.148. The molecule has 4 heteroatoms. The number of likely N-dealkylation sites (tertiary alicyclic amines) is 1. The Kier molecular flexibility index (Phi) is 6.05. The van der Waals surface area contributed by atoms with Crippen molar-refractivity contribution in [2.45, 2.75) is 32.2 Å².